The van der Waals surface area contributed by atoms with Gasteiger partial charge < -0.3 is 44.8 Å². The third-order valence-corrected chi connectivity index (χ3v) is 11.0. The number of Topliss-reactive ketones (excluding diaryl/α,β-unsaturated/α-hetero) is 1. The van der Waals surface area contributed by atoms with Crippen LogP contribution in [0.4, 0.5) is 9.59 Å². The Bertz CT molecular complexity index is 2250. The van der Waals surface area contributed by atoms with Gasteiger partial charge in [0, 0.05) is 19.5 Å². The minimum Gasteiger partial charge on any atom is -0.489 e. The molecule has 0 radical (unpaired) electrons. The number of oxazole rings is 1. The average Bonchev–Trinajstić information content (AvgIpc) is 3.95. The maximum absolute atomic E-state index is 14.9. The van der Waals surface area contributed by atoms with Crippen molar-refractivity contribution in [3.63, 3.8) is 0 Å². The van der Waals surface area contributed by atoms with Crippen LogP contribution in [0.1, 0.15) is 78.4 Å². The fourth-order valence-corrected chi connectivity index (χ4v) is 7.66. The summed E-state index contributed by atoms with van der Waals surface area (Å²) in [7, 11) is 0. The van der Waals surface area contributed by atoms with Gasteiger partial charge in [-0.2, -0.15) is 0 Å². The number of hydrogen-bond acceptors (Lipinski definition) is 11. The summed E-state index contributed by atoms with van der Waals surface area (Å²) in [6.45, 7) is 1.59. The SMILES string of the molecule is NCCCC[C@H](NC(=O)[C@@H]1C[C@@H](OC(=O)N2CCCCC2)CN1C(=O)[C@H](NC(=O)OCc1ccccc1)c1ccc(OCc2ccccc2)cc1)C(=O)c1nc2ccccc2o1. The maximum atomic E-state index is 14.9. The lowest BCUT2D eigenvalue weighted by Gasteiger charge is -2.29. The molecule has 4 amide bonds. The average molecular weight is 845 g/mol. The van der Waals surface area contributed by atoms with Gasteiger partial charge >= 0.3 is 12.2 Å². The second kappa shape index (κ2) is 21.2. The Balaban J connectivity index is 1.15. The van der Waals surface area contributed by atoms with E-state index < -0.39 is 54.0 Å². The topological polar surface area (TPSA) is 196 Å². The van der Waals surface area contributed by atoms with Crippen molar-refractivity contribution < 1.29 is 42.6 Å². The number of unbranched alkanes of at least 4 members (excludes halogenated alkanes) is 1. The van der Waals surface area contributed by atoms with E-state index in [4.69, 9.17) is 24.4 Å². The third kappa shape index (κ3) is 11.3. The highest BCUT2D eigenvalue weighted by molar-refractivity contribution is 6.01. The zero-order chi connectivity index (χ0) is 43.3. The van der Waals surface area contributed by atoms with Crippen LogP contribution >= 0.6 is 0 Å². The van der Waals surface area contributed by atoms with Crippen LogP contribution in [-0.2, 0) is 32.3 Å². The number of nitrogens with zero attached hydrogens (tertiary/aromatic N) is 3. The Morgan fingerprint density at radius 2 is 1.47 bits per heavy atom. The van der Waals surface area contributed by atoms with Gasteiger partial charge in [-0.3, -0.25) is 14.4 Å². The van der Waals surface area contributed by atoms with Gasteiger partial charge in [0.05, 0.1) is 12.6 Å². The van der Waals surface area contributed by atoms with Crippen molar-refractivity contribution in [2.24, 2.45) is 5.73 Å². The number of carbonyl (C=O) groups is 5. The number of alkyl carbamates (subject to hydrolysis) is 1. The number of piperidine rings is 1. The molecule has 0 saturated carbocycles. The highest BCUT2D eigenvalue weighted by Crippen LogP contribution is 2.29. The van der Waals surface area contributed by atoms with Gasteiger partial charge in [0.15, 0.2) is 5.58 Å². The second-order valence-electron chi connectivity index (χ2n) is 15.5. The number of fused-ring (bicyclic) bond motifs is 1. The van der Waals surface area contributed by atoms with Crippen molar-refractivity contribution >= 4 is 40.9 Å². The smallest absolute Gasteiger partial charge is 0.410 e. The van der Waals surface area contributed by atoms with Crippen molar-refractivity contribution in [2.75, 3.05) is 26.2 Å². The Hall–Kier alpha value is -6.74. The number of ether oxygens (including phenoxy) is 3. The number of carbonyl (C=O) groups excluding carboxylic acids is 5. The molecule has 2 aliphatic rings. The van der Waals surface area contributed by atoms with Gasteiger partial charge in [0.25, 0.3) is 11.8 Å². The van der Waals surface area contributed by atoms with Crippen LogP contribution in [0.2, 0.25) is 0 Å². The molecule has 4 aromatic carbocycles. The first-order chi connectivity index (χ1) is 30.2. The lowest BCUT2D eigenvalue weighted by Crippen LogP contribution is -2.53. The second-order valence-corrected chi connectivity index (χ2v) is 15.5. The first-order valence-electron chi connectivity index (χ1n) is 21.2. The number of para-hydroxylation sites is 2. The molecule has 4 N–H and O–H groups in total. The number of hydrogen-bond donors (Lipinski definition) is 3. The Morgan fingerprint density at radius 1 is 0.790 bits per heavy atom. The molecule has 3 heterocycles. The molecular weight excluding hydrogens is 793 g/mol. The van der Waals surface area contributed by atoms with E-state index in [-0.39, 0.29) is 31.9 Å². The van der Waals surface area contributed by atoms with Crippen LogP contribution < -0.4 is 21.1 Å². The number of rotatable bonds is 17. The van der Waals surface area contributed by atoms with Crippen LogP contribution in [0.15, 0.2) is 114 Å². The zero-order valence-electron chi connectivity index (χ0n) is 34.5. The number of nitrogens with one attached hydrogen (secondary N) is 2. The minimum atomic E-state index is -1.34. The summed E-state index contributed by atoms with van der Waals surface area (Å²) >= 11 is 0. The van der Waals surface area contributed by atoms with Crippen LogP contribution in [0, 0.1) is 0 Å². The van der Waals surface area contributed by atoms with Crippen molar-refractivity contribution in [3.8, 4) is 5.75 Å². The lowest BCUT2D eigenvalue weighted by atomic mass is 10.0. The summed E-state index contributed by atoms with van der Waals surface area (Å²) in [5, 5.41) is 5.60. The molecule has 7 rings (SSSR count). The van der Waals surface area contributed by atoms with E-state index in [2.05, 4.69) is 15.6 Å². The fraction of sp³-hybridized carbons (Fsp3) is 0.362. The van der Waals surface area contributed by atoms with Gasteiger partial charge in [-0.1, -0.05) is 84.9 Å². The standard InChI is InChI=1S/C47H52N6O9/c48-25-11-10-19-38(42(54)44-50-37-18-8-9-20-40(37)62-44)49-43(55)39-28-36(61-47(58)52-26-12-3-13-27-52)29-53(39)45(56)41(51-46(57)60-31-33-16-6-2-7-17-33)34-21-23-35(24-22-34)59-30-32-14-4-1-5-15-32/h1-2,4-9,14-18,20-24,36,38-39,41H,3,10-13,19,25-31,48H2,(H,49,55)(H,51,57)/t36-,38+,39+,41-/m1/s1. The van der Waals surface area contributed by atoms with E-state index in [0.717, 1.165) is 30.4 Å². The molecule has 15 nitrogen and oxygen atoms in total. The molecule has 1 aromatic heterocycles. The van der Waals surface area contributed by atoms with Gasteiger partial charge in [0.2, 0.25) is 11.7 Å². The Morgan fingerprint density at radius 3 is 2.16 bits per heavy atom. The predicted molar refractivity (Wildman–Crippen MR) is 229 cm³/mol. The molecule has 0 unspecified atom stereocenters. The Kier molecular flexibility index (Phi) is 14.8. The van der Waals surface area contributed by atoms with E-state index in [9.17, 15) is 24.0 Å². The molecule has 2 saturated heterocycles. The molecule has 62 heavy (non-hydrogen) atoms. The summed E-state index contributed by atoms with van der Waals surface area (Å²) in [5.41, 5.74) is 8.80. The van der Waals surface area contributed by atoms with E-state index >= 15 is 0 Å². The summed E-state index contributed by atoms with van der Waals surface area (Å²) in [4.78, 5) is 77.5. The van der Waals surface area contributed by atoms with Crippen molar-refractivity contribution in [2.45, 2.75) is 82.4 Å². The maximum Gasteiger partial charge on any atom is 0.410 e. The summed E-state index contributed by atoms with van der Waals surface area (Å²) in [6.07, 6.45) is 1.72. The van der Waals surface area contributed by atoms with Crippen LogP contribution in [0.3, 0.4) is 0 Å². The number of amides is 4. The molecule has 0 aliphatic carbocycles. The van der Waals surface area contributed by atoms with Gasteiger partial charge in [-0.25, -0.2) is 14.6 Å². The van der Waals surface area contributed by atoms with Crippen molar-refractivity contribution in [1.82, 2.24) is 25.4 Å². The fourth-order valence-electron chi connectivity index (χ4n) is 7.66. The number of nitrogens with two attached hydrogens (primary N) is 1. The highest BCUT2D eigenvalue weighted by Gasteiger charge is 2.45. The molecule has 2 aliphatic heterocycles. The monoisotopic (exact) mass is 844 g/mol. The van der Waals surface area contributed by atoms with Crippen molar-refractivity contribution in [3.05, 3.63) is 132 Å². The normalized spacial score (nSPS) is 17.2. The Labute approximate surface area is 359 Å². The minimum absolute atomic E-state index is 0.0528. The summed E-state index contributed by atoms with van der Waals surface area (Å²) in [5.74, 6) is -1.46. The van der Waals surface area contributed by atoms with Crippen LogP contribution in [0.25, 0.3) is 11.1 Å². The van der Waals surface area contributed by atoms with Gasteiger partial charge in [-0.05, 0) is 86.0 Å². The molecule has 324 valence electrons. The largest absolute Gasteiger partial charge is 0.489 e. The first-order valence-corrected chi connectivity index (χ1v) is 21.2. The molecule has 2 fully saturated rings. The molecule has 0 bridgehead atoms. The summed E-state index contributed by atoms with van der Waals surface area (Å²) in [6, 6.07) is 28.8. The molecule has 5 aromatic rings. The third-order valence-electron chi connectivity index (χ3n) is 11.0. The molecule has 15 heteroatoms. The van der Waals surface area contributed by atoms with Crippen LogP contribution in [-0.4, -0.2) is 88.9 Å². The lowest BCUT2D eigenvalue weighted by molar-refractivity contribution is -0.140. The van der Waals surface area contributed by atoms with E-state index in [1.807, 2.05) is 48.5 Å². The predicted octanol–water partition coefficient (Wildman–Crippen LogP) is 6.46. The molecular formula is C47H52N6O9. The van der Waals surface area contributed by atoms with Gasteiger partial charge in [-0.15, -0.1) is 0 Å². The molecule has 0 spiro atoms. The number of ketones is 1. The van der Waals surface area contributed by atoms with E-state index in [1.54, 1.807) is 65.6 Å². The number of benzene rings is 4. The van der Waals surface area contributed by atoms with Gasteiger partial charge in [0.1, 0.15) is 42.7 Å². The highest BCUT2D eigenvalue weighted by atomic mass is 16.6. The van der Waals surface area contributed by atoms with E-state index in [1.165, 1.54) is 4.90 Å². The number of aromatic nitrogens is 1. The van der Waals surface area contributed by atoms with Crippen LogP contribution in [0.5, 0.6) is 5.75 Å². The summed E-state index contributed by atoms with van der Waals surface area (Å²) < 4.78 is 23.3. The zero-order valence-corrected chi connectivity index (χ0v) is 34.5. The van der Waals surface area contributed by atoms with Crippen molar-refractivity contribution in [1.29, 1.82) is 0 Å². The molecule has 4 atom stereocenters. The van der Waals surface area contributed by atoms with E-state index in [0.29, 0.717) is 61.5 Å². The quantitative estimate of drug-likeness (QED) is 0.0686. The first kappa shape index (κ1) is 43.4. The number of likely N-dealkylation sites (tertiary alicyclic amines) is 2.